The zero-order valence-corrected chi connectivity index (χ0v) is 13.6. The van der Waals surface area contributed by atoms with Gasteiger partial charge >= 0.3 is 0 Å². The number of carbonyl (C=O) groups excluding carboxylic acids is 2. The molecular weight excluding hydrogens is 306 g/mol. The number of methoxy groups -OCH3 is 2. The molecule has 5 aliphatic rings. The highest BCUT2D eigenvalue weighted by Crippen LogP contribution is 2.65. The lowest BCUT2D eigenvalue weighted by atomic mass is 9.63. The predicted octanol–water partition coefficient (Wildman–Crippen LogP) is 2.26. The Morgan fingerprint density at radius 3 is 2.12 bits per heavy atom. The number of amides is 2. The first-order valence-electron chi connectivity index (χ1n) is 8.44. The Labute approximate surface area is 140 Å². The van der Waals surface area contributed by atoms with E-state index in [4.69, 9.17) is 9.47 Å². The first-order valence-corrected chi connectivity index (χ1v) is 8.44. The lowest BCUT2D eigenvalue weighted by Crippen LogP contribution is -2.40. The van der Waals surface area contributed by atoms with Crippen molar-refractivity contribution in [1.29, 1.82) is 0 Å². The van der Waals surface area contributed by atoms with Crippen LogP contribution in [0.2, 0.25) is 0 Å². The third kappa shape index (κ3) is 1.60. The number of benzene rings is 1. The summed E-state index contributed by atoms with van der Waals surface area (Å²) in [6.07, 6.45) is 5.52. The predicted molar refractivity (Wildman–Crippen MR) is 86.7 cm³/mol. The van der Waals surface area contributed by atoms with Crippen molar-refractivity contribution in [3.8, 4) is 11.5 Å². The molecule has 5 heteroatoms. The van der Waals surface area contributed by atoms with E-state index in [2.05, 4.69) is 12.2 Å². The van der Waals surface area contributed by atoms with E-state index < -0.39 is 0 Å². The van der Waals surface area contributed by atoms with Crippen LogP contribution in [0.3, 0.4) is 0 Å². The lowest BCUT2D eigenvalue weighted by Gasteiger charge is -2.37. The second-order valence-electron chi connectivity index (χ2n) is 7.20. The van der Waals surface area contributed by atoms with Gasteiger partial charge in [0.15, 0.2) is 0 Å². The topological polar surface area (TPSA) is 55.8 Å². The maximum atomic E-state index is 13.1. The van der Waals surface area contributed by atoms with Gasteiger partial charge in [0.05, 0.1) is 31.7 Å². The summed E-state index contributed by atoms with van der Waals surface area (Å²) in [6, 6.07) is 5.21. The van der Waals surface area contributed by atoms with Crippen molar-refractivity contribution >= 4 is 17.5 Å². The summed E-state index contributed by atoms with van der Waals surface area (Å²) in [4.78, 5) is 27.6. The van der Waals surface area contributed by atoms with E-state index in [9.17, 15) is 9.59 Å². The summed E-state index contributed by atoms with van der Waals surface area (Å²) in [5, 5.41) is 0. The first kappa shape index (κ1) is 14.1. The third-order valence-corrected chi connectivity index (χ3v) is 6.29. The molecule has 2 bridgehead atoms. The summed E-state index contributed by atoms with van der Waals surface area (Å²) >= 11 is 0. The molecule has 2 amide bonds. The molecule has 6 rings (SSSR count). The molecule has 0 spiro atoms. The van der Waals surface area contributed by atoms with Crippen molar-refractivity contribution in [3.05, 3.63) is 30.4 Å². The van der Waals surface area contributed by atoms with Gasteiger partial charge in [0.25, 0.3) is 0 Å². The minimum absolute atomic E-state index is 0.0822. The highest BCUT2D eigenvalue weighted by Gasteiger charge is 2.67. The molecule has 124 valence electrons. The van der Waals surface area contributed by atoms with Gasteiger partial charge in [-0.25, -0.2) is 4.90 Å². The summed E-state index contributed by atoms with van der Waals surface area (Å²) in [5.41, 5.74) is 0.495. The van der Waals surface area contributed by atoms with Crippen molar-refractivity contribution in [3.63, 3.8) is 0 Å². The molecule has 3 fully saturated rings. The molecule has 0 aromatic heterocycles. The Balaban J connectivity index is 1.60. The van der Waals surface area contributed by atoms with Crippen LogP contribution >= 0.6 is 0 Å². The zero-order valence-electron chi connectivity index (χ0n) is 13.6. The van der Waals surface area contributed by atoms with Gasteiger partial charge in [0.1, 0.15) is 11.5 Å². The number of rotatable bonds is 3. The van der Waals surface area contributed by atoms with Crippen LogP contribution in [0, 0.1) is 35.5 Å². The summed E-state index contributed by atoms with van der Waals surface area (Å²) < 4.78 is 10.7. The fourth-order valence-corrected chi connectivity index (χ4v) is 5.17. The molecule has 0 radical (unpaired) electrons. The standard InChI is InChI=1S/C19H19NO4/c1-23-9-3-6-15(24-2)14(7-9)20-18(21)16-10-4-5-11(13-8-12(10)13)17(16)19(20)22/h3-7,10-13,16-17H,8H2,1-2H3/t10-,11-,12-,13+,16+,17+/m1/s1. The molecule has 6 atom stereocenters. The Kier molecular flexibility index (Phi) is 2.71. The van der Waals surface area contributed by atoms with Crippen molar-refractivity contribution in [1.82, 2.24) is 0 Å². The molecule has 0 unspecified atom stereocenters. The number of hydrogen-bond acceptors (Lipinski definition) is 4. The molecule has 4 aliphatic carbocycles. The number of anilines is 1. The Morgan fingerprint density at radius 1 is 0.958 bits per heavy atom. The smallest absolute Gasteiger partial charge is 0.238 e. The van der Waals surface area contributed by atoms with Crippen molar-refractivity contribution in [2.24, 2.45) is 35.5 Å². The largest absolute Gasteiger partial charge is 0.497 e. The molecule has 1 heterocycles. The molecular formula is C19H19NO4. The van der Waals surface area contributed by atoms with Crippen molar-refractivity contribution < 1.29 is 19.1 Å². The molecule has 2 saturated carbocycles. The summed E-state index contributed by atoms with van der Waals surface area (Å²) in [6.45, 7) is 0. The third-order valence-electron chi connectivity index (χ3n) is 6.29. The number of hydrogen-bond donors (Lipinski definition) is 0. The minimum Gasteiger partial charge on any atom is -0.497 e. The highest BCUT2D eigenvalue weighted by atomic mass is 16.5. The molecule has 24 heavy (non-hydrogen) atoms. The van der Waals surface area contributed by atoms with Crippen LogP contribution in [-0.4, -0.2) is 26.0 Å². The van der Waals surface area contributed by atoms with Gasteiger partial charge in [0.2, 0.25) is 11.8 Å². The van der Waals surface area contributed by atoms with E-state index in [1.165, 1.54) is 11.3 Å². The van der Waals surface area contributed by atoms with Crippen LogP contribution in [0.15, 0.2) is 30.4 Å². The molecule has 5 nitrogen and oxygen atoms in total. The second-order valence-corrected chi connectivity index (χ2v) is 7.20. The fraction of sp³-hybridized carbons (Fsp3) is 0.474. The second kappa shape index (κ2) is 4.62. The van der Waals surface area contributed by atoms with E-state index in [-0.39, 0.29) is 35.5 Å². The number of allylic oxidation sites excluding steroid dienone is 2. The van der Waals surface area contributed by atoms with Crippen molar-refractivity contribution in [2.75, 3.05) is 19.1 Å². The molecule has 1 aliphatic heterocycles. The van der Waals surface area contributed by atoms with Gasteiger partial charge in [-0.3, -0.25) is 9.59 Å². The van der Waals surface area contributed by atoms with E-state index in [0.29, 0.717) is 29.0 Å². The molecule has 1 aromatic rings. The SMILES string of the molecule is COc1ccc(OC)c(N2C(=O)[C@H]3[C@@H]4C=C[C@H]([C@@H]5C[C@H]45)[C@@H]3C2=O)c1. The normalized spacial score (nSPS) is 38.2. The zero-order chi connectivity index (χ0) is 16.6. The summed E-state index contributed by atoms with van der Waals surface area (Å²) in [7, 11) is 3.11. The fourth-order valence-electron chi connectivity index (χ4n) is 5.17. The monoisotopic (exact) mass is 325 g/mol. The van der Waals surface area contributed by atoms with Crippen molar-refractivity contribution in [2.45, 2.75) is 6.42 Å². The average molecular weight is 325 g/mol. The van der Waals surface area contributed by atoms with Gasteiger partial charge in [-0.05, 0) is 42.2 Å². The Hall–Kier alpha value is -2.30. The van der Waals surface area contributed by atoms with Crippen LogP contribution in [-0.2, 0) is 9.59 Å². The van der Waals surface area contributed by atoms with Gasteiger partial charge < -0.3 is 9.47 Å². The summed E-state index contributed by atoms with van der Waals surface area (Å²) in [5.74, 6) is 2.20. The maximum absolute atomic E-state index is 13.1. The van der Waals surface area contributed by atoms with E-state index >= 15 is 0 Å². The van der Waals surface area contributed by atoms with E-state index in [1.807, 2.05) is 0 Å². The highest BCUT2D eigenvalue weighted by molar-refractivity contribution is 6.23. The number of nitrogens with zero attached hydrogens (tertiary/aromatic N) is 1. The molecule has 1 saturated heterocycles. The van der Waals surface area contributed by atoms with Crippen LogP contribution in [0.5, 0.6) is 11.5 Å². The van der Waals surface area contributed by atoms with Gasteiger partial charge in [0, 0.05) is 6.07 Å². The quantitative estimate of drug-likeness (QED) is 0.632. The average Bonchev–Trinajstić information content (AvgIpc) is 3.39. The Morgan fingerprint density at radius 2 is 1.58 bits per heavy atom. The van der Waals surface area contributed by atoms with E-state index in [1.54, 1.807) is 32.4 Å². The maximum Gasteiger partial charge on any atom is 0.238 e. The minimum atomic E-state index is -0.202. The Bertz CT molecular complexity index is 750. The van der Waals surface area contributed by atoms with Gasteiger partial charge in [-0.2, -0.15) is 0 Å². The van der Waals surface area contributed by atoms with Crippen LogP contribution < -0.4 is 14.4 Å². The molecule has 0 N–H and O–H groups in total. The number of imide groups is 1. The van der Waals surface area contributed by atoms with E-state index in [0.717, 1.165) is 0 Å². The van der Waals surface area contributed by atoms with Gasteiger partial charge in [-0.15, -0.1) is 0 Å². The van der Waals surface area contributed by atoms with Crippen LogP contribution in [0.1, 0.15) is 6.42 Å². The molecule has 1 aromatic carbocycles. The van der Waals surface area contributed by atoms with Gasteiger partial charge in [-0.1, -0.05) is 12.2 Å². The van der Waals surface area contributed by atoms with Crippen LogP contribution in [0.4, 0.5) is 5.69 Å². The lowest BCUT2D eigenvalue weighted by molar-refractivity contribution is -0.124. The van der Waals surface area contributed by atoms with Crippen LogP contribution in [0.25, 0.3) is 0 Å². The first-order chi connectivity index (χ1) is 11.7. The number of ether oxygens (including phenoxy) is 2. The number of carbonyl (C=O) groups is 2.